The molecule has 0 spiro atoms. The molecular weight excluding hydrogens is 203 g/mol. The molecule has 0 aromatic heterocycles. The predicted octanol–water partition coefficient (Wildman–Crippen LogP) is 0.980. The topological polar surface area (TPSA) is 29.1 Å². The van der Waals surface area contributed by atoms with Crippen molar-refractivity contribution in [2.75, 3.05) is 7.05 Å². The standard InChI is InChI=1S/C7H14NO.Y/c1-7(2,3)5-6(9)8-4;/h5H,1-4H3,(H,8,9);/q-1;. The molecule has 0 aliphatic rings. The molecule has 0 atom stereocenters. The molecule has 0 aliphatic carbocycles. The molecule has 10 heavy (non-hydrogen) atoms. The van der Waals surface area contributed by atoms with Crippen molar-refractivity contribution >= 4 is 5.91 Å². The van der Waals surface area contributed by atoms with Gasteiger partial charge in [0.25, 0.3) is 0 Å². The van der Waals surface area contributed by atoms with Crippen LogP contribution in [0, 0.1) is 11.8 Å². The smallest absolute Gasteiger partial charge is 0.0826 e. The maximum Gasteiger partial charge on any atom is 0.0826 e. The normalized spacial score (nSPS) is 9.60. The van der Waals surface area contributed by atoms with Gasteiger partial charge in [-0.1, -0.05) is 20.8 Å². The van der Waals surface area contributed by atoms with Crippen LogP contribution >= 0.6 is 0 Å². The van der Waals surface area contributed by atoms with E-state index in [0.29, 0.717) is 0 Å². The molecule has 1 amide bonds. The van der Waals surface area contributed by atoms with Crippen molar-refractivity contribution in [2.45, 2.75) is 20.8 Å². The van der Waals surface area contributed by atoms with Gasteiger partial charge in [0.2, 0.25) is 0 Å². The molecule has 1 radical (unpaired) electrons. The maximum absolute atomic E-state index is 10.7. The maximum atomic E-state index is 10.7. The van der Waals surface area contributed by atoms with Crippen molar-refractivity contribution in [2.24, 2.45) is 5.41 Å². The predicted molar refractivity (Wildman–Crippen MR) is 37.8 cm³/mol. The number of carbonyl (C=O) groups is 1. The summed E-state index contributed by atoms with van der Waals surface area (Å²) in [7, 11) is 1.63. The summed E-state index contributed by atoms with van der Waals surface area (Å²) in [5, 5.41) is 2.53. The largest absolute Gasteiger partial charge is 0.384 e. The summed E-state index contributed by atoms with van der Waals surface area (Å²) in [5.41, 5.74) is -0.0138. The number of amides is 1. The number of carbonyl (C=O) groups excluding carboxylic acids is 1. The van der Waals surface area contributed by atoms with Crippen LogP contribution in [0.4, 0.5) is 0 Å². The van der Waals surface area contributed by atoms with Gasteiger partial charge in [0, 0.05) is 39.8 Å². The van der Waals surface area contributed by atoms with E-state index in [1.165, 1.54) is 0 Å². The first-order valence-corrected chi connectivity index (χ1v) is 3.03. The van der Waals surface area contributed by atoms with Crippen LogP contribution in [0.5, 0.6) is 0 Å². The summed E-state index contributed by atoms with van der Waals surface area (Å²) >= 11 is 0. The minimum Gasteiger partial charge on any atom is -0.384 e. The monoisotopic (exact) mass is 217 g/mol. The minimum atomic E-state index is -0.0138. The zero-order valence-electron chi connectivity index (χ0n) is 7.06. The average molecular weight is 217 g/mol. The molecule has 0 bridgehead atoms. The van der Waals surface area contributed by atoms with Gasteiger partial charge < -0.3 is 10.1 Å². The van der Waals surface area contributed by atoms with Crippen LogP contribution in [-0.2, 0) is 37.5 Å². The molecule has 3 heteroatoms. The third kappa shape index (κ3) is 8.44. The van der Waals surface area contributed by atoms with Crippen molar-refractivity contribution in [3.63, 3.8) is 0 Å². The fourth-order valence-electron chi connectivity index (χ4n) is 0.465. The van der Waals surface area contributed by atoms with Crippen molar-refractivity contribution < 1.29 is 37.5 Å². The Morgan fingerprint density at radius 2 is 1.80 bits per heavy atom. The summed E-state index contributed by atoms with van der Waals surface area (Å²) < 4.78 is 0. The Balaban J connectivity index is 0. The van der Waals surface area contributed by atoms with Crippen LogP contribution in [0.3, 0.4) is 0 Å². The zero-order valence-corrected chi connectivity index (χ0v) is 9.90. The van der Waals surface area contributed by atoms with E-state index in [4.69, 9.17) is 0 Å². The fourth-order valence-corrected chi connectivity index (χ4v) is 0.465. The molecule has 0 saturated heterocycles. The molecule has 57 valence electrons. The second kappa shape index (κ2) is 5.14. The summed E-state index contributed by atoms with van der Waals surface area (Å²) in [6.07, 6.45) is 1.66. The van der Waals surface area contributed by atoms with E-state index in [1.54, 1.807) is 13.5 Å². The number of rotatable bonds is 1. The molecular formula is C7H14NOY-. The molecule has 0 aromatic carbocycles. The van der Waals surface area contributed by atoms with E-state index < -0.39 is 0 Å². The zero-order chi connectivity index (χ0) is 7.49. The molecule has 2 nitrogen and oxygen atoms in total. The van der Waals surface area contributed by atoms with Crippen LogP contribution in [0.1, 0.15) is 20.8 Å². The van der Waals surface area contributed by atoms with Crippen molar-refractivity contribution in [1.82, 2.24) is 5.32 Å². The van der Waals surface area contributed by atoms with Gasteiger partial charge in [0.05, 0.1) is 5.91 Å². The van der Waals surface area contributed by atoms with Crippen molar-refractivity contribution in [3.05, 3.63) is 6.42 Å². The average Bonchev–Trinajstić information content (AvgIpc) is 1.62. The second-order valence-electron chi connectivity index (χ2n) is 3.12. The molecule has 0 rings (SSSR count). The van der Waals surface area contributed by atoms with Gasteiger partial charge >= 0.3 is 0 Å². The molecule has 0 saturated carbocycles. The van der Waals surface area contributed by atoms with Crippen molar-refractivity contribution in [3.8, 4) is 0 Å². The Kier molecular flexibility index (Phi) is 6.72. The number of hydrogen-bond donors (Lipinski definition) is 1. The van der Waals surface area contributed by atoms with Gasteiger partial charge in [-0.25, -0.2) is 0 Å². The quantitative estimate of drug-likeness (QED) is 0.652. The summed E-state index contributed by atoms with van der Waals surface area (Å²) in [5.74, 6) is -0.0116. The summed E-state index contributed by atoms with van der Waals surface area (Å²) in [6.45, 7) is 5.96. The van der Waals surface area contributed by atoms with Crippen LogP contribution in [0.25, 0.3) is 0 Å². The summed E-state index contributed by atoms with van der Waals surface area (Å²) in [6, 6.07) is 0. The van der Waals surface area contributed by atoms with E-state index in [2.05, 4.69) is 5.32 Å². The van der Waals surface area contributed by atoms with Crippen LogP contribution in [-0.4, -0.2) is 13.0 Å². The van der Waals surface area contributed by atoms with Crippen LogP contribution < -0.4 is 5.32 Å². The first-order chi connectivity index (χ1) is 3.95. The Bertz CT molecular complexity index is 107. The Morgan fingerprint density at radius 3 is 1.90 bits per heavy atom. The molecule has 0 unspecified atom stereocenters. The van der Waals surface area contributed by atoms with E-state index in [0.717, 1.165) is 0 Å². The van der Waals surface area contributed by atoms with Gasteiger partial charge in [-0.3, -0.25) is 6.42 Å². The minimum absolute atomic E-state index is 0. The van der Waals surface area contributed by atoms with Gasteiger partial charge in [0.1, 0.15) is 0 Å². The van der Waals surface area contributed by atoms with Gasteiger partial charge in [-0.2, -0.15) is 0 Å². The molecule has 0 aliphatic heterocycles. The van der Waals surface area contributed by atoms with E-state index in [1.807, 2.05) is 20.8 Å². The Morgan fingerprint density at radius 1 is 1.40 bits per heavy atom. The number of hydrogen-bond acceptors (Lipinski definition) is 1. The van der Waals surface area contributed by atoms with Gasteiger partial charge in [-0.05, 0) is 0 Å². The third-order valence-corrected chi connectivity index (χ3v) is 0.811. The first kappa shape index (κ1) is 13.1. The van der Waals surface area contributed by atoms with Gasteiger partial charge in [-0.15, -0.1) is 5.41 Å². The molecule has 0 heterocycles. The molecule has 0 aromatic rings. The van der Waals surface area contributed by atoms with E-state index in [9.17, 15) is 4.79 Å². The number of nitrogens with one attached hydrogen (secondary N) is 1. The molecule has 0 fully saturated rings. The van der Waals surface area contributed by atoms with E-state index in [-0.39, 0.29) is 44.0 Å². The molecule has 1 N–H and O–H groups in total. The second-order valence-corrected chi connectivity index (χ2v) is 3.12. The van der Waals surface area contributed by atoms with Crippen molar-refractivity contribution in [1.29, 1.82) is 0 Å². The van der Waals surface area contributed by atoms with Crippen LogP contribution in [0.15, 0.2) is 0 Å². The first-order valence-electron chi connectivity index (χ1n) is 3.03. The summed E-state index contributed by atoms with van der Waals surface area (Å²) in [4.78, 5) is 10.7. The Labute approximate surface area is 88.0 Å². The van der Waals surface area contributed by atoms with Crippen LogP contribution in [0.2, 0.25) is 0 Å². The Hall–Kier alpha value is 0.444. The fraction of sp³-hybridized carbons (Fsp3) is 0.714. The van der Waals surface area contributed by atoms with Gasteiger partial charge in [0.15, 0.2) is 0 Å². The SMILES string of the molecule is CNC(=O)[CH-]C(C)(C)C.[Y]. The third-order valence-electron chi connectivity index (χ3n) is 0.811. The van der Waals surface area contributed by atoms with E-state index >= 15 is 0 Å².